The minimum absolute atomic E-state index is 0.00625. The lowest BCUT2D eigenvalue weighted by atomic mass is 9.72. The summed E-state index contributed by atoms with van der Waals surface area (Å²) in [5, 5.41) is 9.86. The molecule has 0 spiro atoms. The van der Waals surface area contributed by atoms with Gasteiger partial charge >= 0.3 is 5.97 Å². The molecular weight excluding hydrogens is 314 g/mol. The lowest BCUT2D eigenvalue weighted by molar-refractivity contribution is -0.145. The third kappa shape index (κ3) is 3.04. The molecule has 0 aromatic heterocycles. The zero-order valence-electron chi connectivity index (χ0n) is 14.7. The first-order valence-electron chi connectivity index (χ1n) is 8.60. The number of carbonyl (C=O) groups is 2. The zero-order valence-corrected chi connectivity index (χ0v) is 14.7. The zero-order chi connectivity index (χ0) is 18.0. The van der Waals surface area contributed by atoms with Gasteiger partial charge in [0.1, 0.15) is 0 Å². The van der Waals surface area contributed by atoms with Crippen molar-refractivity contribution in [2.45, 2.75) is 32.1 Å². The quantitative estimate of drug-likeness (QED) is 0.931. The molecule has 0 radical (unpaired) electrons. The van der Waals surface area contributed by atoms with Gasteiger partial charge in [0.2, 0.25) is 0 Å². The molecule has 2 aromatic rings. The van der Waals surface area contributed by atoms with E-state index in [1.54, 1.807) is 4.90 Å². The molecule has 0 bridgehead atoms. The molecule has 25 heavy (non-hydrogen) atoms. The Kier molecular flexibility index (Phi) is 4.62. The van der Waals surface area contributed by atoms with Crippen LogP contribution in [0.3, 0.4) is 0 Å². The maximum Gasteiger partial charge on any atom is 0.314 e. The van der Waals surface area contributed by atoms with E-state index in [1.807, 2.05) is 62.4 Å². The number of aliphatic carboxylic acids is 1. The van der Waals surface area contributed by atoms with Gasteiger partial charge in [0, 0.05) is 18.7 Å². The van der Waals surface area contributed by atoms with E-state index >= 15 is 0 Å². The van der Waals surface area contributed by atoms with Crippen molar-refractivity contribution >= 4 is 11.9 Å². The number of aryl methyl sites for hydroxylation is 1. The van der Waals surface area contributed by atoms with E-state index in [0.717, 1.165) is 16.7 Å². The molecule has 1 aliphatic rings. The van der Waals surface area contributed by atoms with Gasteiger partial charge in [0.05, 0.1) is 5.41 Å². The Bertz CT molecular complexity index is 790. The van der Waals surface area contributed by atoms with E-state index in [2.05, 4.69) is 0 Å². The van der Waals surface area contributed by atoms with Crippen LogP contribution in [0, 0.1) is 13.8 Å². The Labute approximate surface area is 148 Å². The molecule has 1 fully saturated rings. The van der Waals surface area contributed by atoms with Gasteiger partial charge in [0.15, 0.2) is 0 Å². The van der Waals surface area contributed by atoms with E-state index in [9.17, 15) is 14.7 Å². The summed E-state index contributed by atoms with van der Waals surface area (Å²) in [5.74, 6) is -0.814. The first-order chi connectivity index (χ1) is 12.0. The third-order valence-corrected chi connectivity index (χ3v) is 5.48. The average Bonchev–Trinajstić information content (AvgIpc) is 2.64. The lowest BCUT2D eigenvalue weighted by Gasteiger charge is -2.39. The lowest BCUT2D eigenvalue weighted by Crippen LogP contribution is -2.49. The Morgan fingerprint density at radius 2 is 1.60 bits per heavy atom. The molecule has 0 saturated carbocycles. The van der Waals surface area contributed by atoms with Crippen LogP contribution in [0.5, 0.6) is 0 Å². The van der Waals surface area contributed by atoms with Crippen molar-refractivity contribution in [3.05, 3.63) is 70.8 Å². The van der Waals surface area contributed by atoms with Crippen LogP contribution in [0.1, 0.15) is 39.9 Å². The molecule has 3 rings (SSSR count). The van der Waals surface area contributed by atoms with Crippen LogP contribution in [0.15, 0.2) is 48.5 Å². The second-order valence-electron chi connectivity index (χ2n) is 6.79. The molecule has 0 aliphatic carbocycles. The Balaban J connectivity index is 1.82. The molecule has 1 amide bonds. The molecule has 4 nitrogen and oxygen atoms in total. The summed E-state index contributed by atoms with van der Waals surface area (Å²) in [4.78, 5) is 26.7. The standard InChI is InChI=1S/C21H23NO3/c1-15-7-6-10-18(16(15)2)19(23)22-13-11-21(12-14-22,20(24)25)17-8-4-3-5-9-17/h3-10H,11-14H2,1-2H3,(H,24,25). The van der Waals surface area contributed by atoms with E-state index in [0.29, 0.717) is 31.5 Å². The van der Waals surface area contributed by atoms with Crippen LogP contribution in [0.25, 0.3) is 0 Å². The first-order valence-corrected chi connectivity index (χ1v) is 8.60. The molecule has 130 valence electrons. The summed E-state index contributed by atoms with van der Waals surface area (Å²) >= 11 is 0. The molecule has 0 unspecified atom stereocenters. The Hall–Kier alpha value is -2.62. The minimum atomic E-state index is -0.903. The number of carbonyl (C=O) groups excluding carboxylic acids is 1. The number of piperidine rings is 1. The van der Waals surface area contributed by atoms with Crippen LogP contribution in [0.2, 0.25) is 0 Å². The number of nitrogens with zero attached hydrogens (tertiary/aromatic N) is 1. The second-order valence-corrected chi connectivity index (χ2v) is 6.79. The van der Waals surface area contributed by atoms with Crippen molar-refractivity contribution < 1.29 is 14.7 Å². The number of rotatable bonds is 3. The largest absolute Gasteiger partial charge is 0.481 e. The summed E-state index contributed by atoms with van der Waals surface area (Å²) in [6, 6.07) is 15.1. The highest BCUT2D eigenvalue weighted by atomic mass is 16.4. The molecule has 0 atom stereocenters. The van der Waals surface area contributed by atoms with Crippen molar-refractivity contribution in [3.8, 4) is 0 Å². The van der Waals surface area contributed by atoms with Gasteiger partial charge in [-0.2, -0.15) is 0 Å². The fourth-order valence-electron chi connectivity index (χ4n) is 3.63. The fraction of sp³-hybridized carbons (Fsp3) is 0.333. The van der Waals surface area contributed by atoms with E-state index in [-0.39, 0.29) is 5.91 Å². The van der Waals surface area contributed by atoms with Crippen LogP contribution in [-0.4, -0.2) is 35.0 Å². The summed E-state index contributed by atoms with van der Waals surface area (Å²) in [5.41, 5.74) is 2.71. The average molecular weight is 337 g/mol. The van der Waals surface area contributed by atoms with Gasteiger partial charge in [-0.05, 0) is 49.4 Å². The van der Waals surface area contributed by atoms with Gasteiger partial charge in [0.25, 0.3) is 5.91 Å². The fourth-order valence-corrected chi connectivity index (χ4v) is 3.63. The molecule has 1 saturated heterocycles. The van der Waals surface area contributed by atoms with Gasteiger partial charge in [-0.1, -0.05) is 42.5 Å². The minimum Gasteiger partial charge on any atom is -0.481 e. The number of hydrogen-bond acceptors (Lipinski definition) is 2. The summed E-state index contributed by atoms with van der Waals surface area (Å²) < 4.78 is 0. The van der Waals surface area contributed by atoms with E-state index in [1.165, 1.54) is 0 Å². The van der Waals surface area contributed by atoms with Crippen LogP contribution in [-0.2, 0) is 10.2 Å². The molecular formula is C21H23NO3. The maximum atomic E-state index is 12.9. The number of benzene rings is 2. The van der Waals surface area contributed by atoms with Crippen LogP contribution < -0.4 is 0 Å². The summed E-state index contributed by atoms with van der Waals surface area (Å²) in [6.07, 6.45) is 0.867. The first kappa shape index (κ1) is 17.2. The van der Waals surface area contributed by atoms with E-state index in [4.69, 9.17) is 0 Å². The van der Waals surface area contributed by atoms with Crippen molar-refractivity contribution in [1.29, 1.82) is 0 Å². The van der Waals surface area contributed by atoms with Crippen molar-refractivity contribution in [2.75, 3.05) is 13.1 Å². The SMILES string of the molecule is Cc1cccc(C(=O)N2CCC(C(=O)O)(c3ccccc3)CC2)c1C. The van der Waals surface area contributed by atoms with Gasteiger partial charge in [-0.3, -0.25) is 9.59 Å². The number of carboxylic acid groups (broad SMARTS) is 1. The Morgan fingerprint density at radius 3 is 2.20 bits per heavy atom. The molecule has 2 aromatic carbocycles. The van der Waals surface area contributed by atoms with Crippen molar-refractivity contribution in [2.24, 2.45) is 0 Å². The predicted octanol–water partition coefficient (Wildman–Crippen LogP) is 3.56. The Morgan fingerprint density at radius 1 is 0.960 bits per heavy atom. The van der Waals surface area contributed by atoms with Crippen molar-refractivity contribution in [3.63, 3.8) is 0 Å². The summed E-state index contributed by atoms with van der Waals surface area (Å²) in [6.45, 7) is 4.85. The third-order valence-electron chi connectivity index (χ3n) is 5.48. The predicted molar refractivity (Wildman–Crippen MR) is 96.8 cm³/mol. The van der Waals surface area contributed by atoms with Gasteiger partial charge in [-0.25, -0.2) is 0 Å². The highest BCUT2D eigenvalue weighted by Crippen LogP contribution is 2.36. The molecule has 4 heteroatoms. The smallest absolute Gasteiger partial charge is 0.314 e. The van der Waals surface area contributed by atoms with Gasteiger partial charge < -0.3 is 10.0 Å². The maximum absolute atomic E-state index is 12.9. The molecule has 1 aliphatic heterocycles. The topological polar surface area (TPSA) is 57.6 Å². The monoisotopic (exact) mass is 337 g/mol. The molecule has 1 heterocycles. The summed E-state index contributed by atoms with van der Waals surface area (Å²) in [7, 11) is 0. The van der Waals surface area contributed by atoms with E-state index < -0.39 is 11.4 Å². The number of carboxylic acids is 1. The van der Waals surface area contributed by atoms with Crippen LogP contribution >= 0.6 is 0 Å². The van der Waals surface area contributed by atoms with Crippen LogP contribution in [0.4, 0.5) is 0 Å². The molecule has 1 N–H and O–H groups in total. The number of likely N-dealkylation sites (tertiary alicyclic amines) is 1. The highest BCUT2D eigenvalue weighted by Gasteiger charge is 2.44. The number of amides is 1. The second kappa shape index (κ2) is 6.71. The highest BCUT2D eigenvalue weighted by molar-refractivity contribution is 5.96. The van der Waals surface area contributed by atoms with Gasteiger partial charge in [-0.15, -0.1) is 0 Å². The normalized spacial score (nSPS) is 16.5. The number of hydrogen-bond donors (Lipinski definition) is 1. The van der Waals surface area contributed by atoms with Crippen molar-refractivity contribution in [1.82, 2.24) is 4.90 Å².